The highest BCUT2D eigenvalue weighted by molar-refractivity contribution is 5.82. The van der Waals surface area contributed by atoms with Crippen LogP contribution in [-0.4, -0.2) is 5.71 Å². The zero-order chi connectivity index (χ0) is 8.69. The SMILES string of the molecule is CCCC(C)=N/C=C\C(C)C. The van der Waals surface area contributed by atoms with Gasteiger partial charge in [0.1, 0.15) is 0 Å². The van der Waals surface area contributed by atoms with Crippen LogP contribution in [0.25, 0.3) is 0 Å². The largest absolute Gasteiger partial charge is 0.266 e. The van der Waals surface area contributed by atoms with Gasteiger partial charge in [-0.3, -0.25) is 4.99 Å². The smallest absolute Gasteiger partial charge is 0.0229 e. The van der Waals surface area contributed by atoms with Crippen molar-refractivity contribution >= 4 is 5.71 Å². The van der Waals surface area contributed by atoms with Crippen LogP contribution < -0.4 is 0 Å². The Morgan fingerprint density at radius 2 is 2.09 bits per heavy atom. The van der Waals surface area contributed by atoms with E-state index in [1.54, 1.807) is 0 Å². The standard InChI is InChI=1S/C10H19N/c1-5-6-10(4)11-8-7-9(2)3/h7-9H,5-6H2,1-4H3/b8-7-,11-10?. The Labute approximate surface area is 70.2 Å². The van der Waals surface area contributed by atoms with Crippen LogP contribution in [0.1, 0.15) is 40.5 Å². The van der Waals surface area contributed by atoms with Crippen molar-refractivity contribution in [2.45, 2.75) is 40.5 Å². The summed E-state index contributed by atoms with van der Waals surface area (Å²) in [4.78, 5) is 4.29. The quantitative estimate of drug-likeness (QED) is 0.549. The van der Waals surface area contributed by atoms with E-state index in [0.29, 0.717) is 5.92 Å². The molecule has 0 aliphatic heterocycles. The minimum absolute atomic E-state index is 0.605. The minimum Gasteiger partial charge on any atom is -0.266 e. The third-order valence-corrected chi connectivity index (χ3v) is 1.38. The van der Waals surface area contributed by atoms with Crippen molar-refractivity contribution in [1.29, 1.82) is 0 Å². The molecule has 1 nitrogen and oxygen atoms in total. The maximum atomic E-state index is 4.29. The van der Waals surface area contributed by atoms with Gasteiger partial charge in [0.05, 0.1) is 0 Å². The van der Waals surface area contributed by atoms with Gasteiger partial charge in [0.25, 0.3) is 0 Å². The van der Waals surface area contributed by atoms with E-state index in [4.69, 9.17) is 0 Å². The summed E-state index contributed by atoms with van der Waals surface area (Å²) in [6, 6.07) is 0. The number of allylic oxidation sites excluding steroid dienone is 1. The minimum atomic E-state index is 0.605. The maximum absolute atomic E-state index is 4.29. The van der Waals surface area contributed by atoms with Gasteiger partial charge in [-0.25, -0.2) is 0 Å². The van der Waals surface area contributed by atoms with Crippen LogP contribution >= 0.6 is 0 Å². The molecular formula is C10H19N. The molecule has 0 N–H and O–H groups in total. The monoisotopic (exact) mass is 153 g/mol. The Bertz CT molecular complexity index is 143. The van der Waals surface area contributed by atoms with E-state index >= 15 is 0 Å². The van der Waals surface area contributed by atoms with Gasteiger partial charge in [-0.05, 0) is 19.3 Å². The van der Waals surface area contributed by atoms with E-state index in [-0.39, 0.29) is 0 Å². The van der Waals surface area contributed by atoms with Gasteiger partial charge in [-0.1, -0.05) is 33.3 Å². The average Bonchev–Trinajstić information content (AvgIpc) is 1.87. The first-order chi connectivity index (χ1) is 5.16. The van der Waals surface area contributed by atoms with E-state index in [1.165, 1.54) is 12.1 Å². The highest BCUT2D eigenvalue weighted by Crippen LogP contribution is 1.96. The number of aliphatic imine (C=N–C) groups is 1. The van der Waals surface area contributed by atoms with Crippen LogP contribution in [0.3, 0.4) is 0 Å². The molecule has 0 aromatic rings. The lowest BCUT2D eigenvalue weighted by atomic mass is 10.2. The molecule has 0 bridgehead atoms. The Kier molecular flexibility index (Phi) is 5.81. The lowest BCUT2D eigenvalue weighted by molar-refractivity contribution is 0.829. The molecule has 64 valence electrons. The molecule has 1 heteroatoms. The zero-order valence-corrected chi connectivity index (χ0v) is 8.09. The van der Waals surface area contributed by atoms with Crippen LogP contribution in [0.5, 0.6) is 0 Å². The van der Waals surface area contributed by atoms with Crippen LogP contribution in [-0.2, 0) is 0 Å². The normalized spacial score (nSPS) is 13.4. The van der Waals surface area contributed by atoms with E-state index < -0.39 is 0 Å². The molecule has 0 unspecified atom stereocenters. The third-order valence-electron chi connectivity index (χ3n) is 1.38. The summed E-state index contributed by atoms with van der Waals surface area (Å²) in [6.07, 6.45) is 6.32. The van der Waals surface area contributed by atoms with Gasteiger partial charge in [-0.15, -0.1) is 0 Å². The van der Waals surface area contributed by atoms with Crippen molar-refractivity contribution in [2.75, 3.05) is 0 Å². The highest BCUT2D eigenvalue weighted by Gasteiger charge is 1.85. The zero-order valence-electron chi connectivity index (χ0n) is 8.09. The highest BCUT2D eigenvalue weighted by atomic mass is 14.7. The lowest BCUT2D eigenvalue weighted by Crippen LogP contribution is -1.87. The van der Waals surface area contributed by atoms with Crippen molar-refractivity contribution in [1.82, 2.24) is 0 Å². The molecule has 11 heavy (non-hydrogen) atoms. The van der Waals surface area contributed by atoms with Gasteiger partial charge in [-0.2, -0.15) is 0 Å². The summed E-state index contributed by atoms with van der Waals surface area (Å²) < 4.78 is 0. The number of hydrogen-bond donors (Lipinski definition) is 0. The fraction of sp³-hybridized carbons (Fsp3) is 0.700. The summed E-state index contributed by atoms with van der Waals surface area (Å²) in [7, 11) is 0. The third kappa shape index (κ3) is 7.31. The molecule has 0 aliphatic rings. The second-order valence-corrected chi connectivity index (χ2v) is 3.20. The van der Waals surface area contributed by atoms with Gasteiger partial charge in [0.2, 0.25) is 0 Å². The molecule has 0 saturated heterocycles. The Morgan fingerprint density at radius 3 is 2.55 bits per heavy atom. The Balaban J connectivity index is 3.71. The first kappa shape index (κ1) is 10.4. The van der Waals surface area contributed by atoms with Crippen LogP contribution in [0.2, 0.25) is 0 Å². The van der Waals surface area contributed by atoms with Crippen molar-refractivity contribution in [3.05, 3.63) is 12.3 Å². The van der Waals surface area contributed by atoms with Crippen molar-refractivity contribution in [3.63, 3.8) is 0 Å². The molecule has 0 rings (SSSR count). The van der Waals surface area contributed by atoms with Crippen molar-refractivity contribution < 1.29 is 0 Å². The molecule has 0 spiro atoms. The Hall–Kier alpha value is -0.590. The predicted octanol–water partition coefficient (Wildman–Crippen LogP) is 3.42. The summed E-state index contributed by atoms with van der Waals surface area (Å²) >= 11 is 0. The molecule has 0 saturated carbocycles. The number of hydrogen-bond acceptors (Lipinski definition) is 1. The van der Waals surface area contributed by atoms with E-state index in [2.05, 4.69) is 38.8 Å². The molecule has 0 heterocycles. The van der Waals surface area contributed by atoms with Crippen LogP contribution in [0.4, 0.5) is 0 Å². The van der Waals surface area contributed by atoms with Crippen molar-refractivity contribution in [2.24, 2.45) is 10.9 Å². The molecule has 0 fully saturated rings. The molecular weight excluding hydrogens is 134 g/mol. The number of rotatable bonds is 4. The molecule has 0 aromatic heterocycles. The fourth-order valence-electron chi connectivity index (χ4n) is 0.769. The second kappa shape index (κ2) is 6.14. The topological polar surface area (TPSA) is 12.4 Å². The number of nitrogens with zero attached hydrogens (tertiary/aromatic N) is 1. The molecule has 0 radical (unpaired) electrons. The van der Waals surface area contributed by atoms with E-state index in [1.807, 2.05) is 6.20 Å². The first-order valence-electron chi connectivity index (χ1n) is 4.36. The lowest BCUT2D eigenvalue weighted by Gasteiger charge is -1.94. The summed E-state index contributed by atoms with van der Waals surface area (Å²) in [5.41, 5.74) is 1.23. The van der Waals surface area contributed by atoms with E-state index in [9.17, 15) is 0 Å². The van der Waals surface area contributed by atoms with Crippen LogP contribution in [0.15, 0.2) is 17.3 Å². The maximum Gasteiger partial charge on any atom is 0.0229 e. The van der Waals surface area contributed by atoms with E-state index in [0.717, 1.165) is 6.42 Å². The average molecular weight is 153 g/mol. The van der Waals surface area contributed by atoms with Crippen LogP contribution in [0, 0.1) is 5.92 Å². The second-order valence-electron chi connectivity index (χ2n) is 3.20. The Morgan fingerprint density at radius 1 is 1.45 bits per heavy atom. The summed E-state index contributed by atoms with van der Waals surface area (Å²) in [6.45, 7) is 8.56. The molecule has 0 amide bonds. The fourth-order valence-corrected chi connectivity index (χ4v) is 0.769. The molecule has 0 aromatic carbocycles. The predicted molar refractivity (Wildman–Crippen MR) is 52.0 cm³/mol. The first-order valence-corrected chi connectivity index (χ1v) is 4.36. The summed E-state index contributed by atoms with van der Waals surface area (Å²) in [5.74, 6) is 0.605. The molecule has 0 atom stereocenters. The van der Waals surface area contributed by atoms with Crippen molar-refractivity contribution in [3.8, 4) is 0 Å². The summed E-state index contributed by atoms with van der Waals surface area (Å²) in [5, 5.41) is 0. The van der Waals surface area contributed by atoms with Gasteiger partial charge in [0.15, 0.2) is 0 Å². The van der Waals surface area contributed by atoms with Gasteiger partial charge < -0.3 is 0 Å². The molecule has 0 aliphatic carbocycles. The van der Waals surface area contributed by atoms with Gasteiger partial charge in [0, 0.05) is 11.9 Å². The van der Waals surface area contributed by atoms with Gasteiger partial charge >= 0.3 is 0 Å².